The minimum Gasteiger partial charge on any atom is -0.481 e. The number of hydrogen-bond acceptors (Lipinski definition) is 1. The van der Waals surface area contributed by atoms with Gasteiger partial charge in [0.1, 0.15) is 0 Å². The van der Waals surface area contributed by atoms with Crippen LogP contribution in [0, 0.1) is 0 Å². The van der Waals surface area contributed by atoms with Crippen LogP contribution in [0.3, 0.4) is 0 Å². The number of aromatic nitrogens is 1. The summed E-state index contributed by atoms with van der Waals surface area (Å²) in [6.07, 6.45) is -3.15. The van der Waals surface area contributed by atoms with Crippen molar-refractivity contribution in [2.75, 3.05) is 0 Å². The average Bonchev–Trinajstić information content (AvgIpc) is 2.70. The standard InChI is InChI=1S/C13H12F3NO2/c1-12(2,11(18)19)9-6-17-10-7(9)4-3-5-8(10)13(14,15)16/h3-6,17H,1-2H3,(H,18,19). The molecule has 1 heterocycles. The molecule has 0 atom stereocenters. The predicted molar refractivity (Wildman–Crippen MR) is 64.0 cm³/mol. The van der Waals surface area contributed by atoms with Gasteiger partial charge < -0.3 is 10.1 Å². The number of para-hydroxylation sites is 1. The van der Waals surface area contributed by atoms with Crippen LogP contribution in [-0.2, 0) is 16.4 Å². The molecule has 19 heavy (non-hydrogen) atoms. The van der Waals surface area contributed by atoms with E-state index < -0.39 is 23.1 Å². The molecule has 1 aromatic carbocycles. The van der Waals surface area contributed by atoms with E-state index in [1.807, 2.05) is 0 Å². The topological polar surface area (TPSA) is 53.1 Å². The molecule has 2 rings (SSSR count). The fourth-order valence-electron chi connectivity index (χ4n) is 2.02. The van der Waals surface area contributed by atoms with Crippen LogP contribution in [0.4, 0.5) is 13.2 Å². The molecule has 0 unspecified atom stereocenters. The first kappa shape index (κ1) is 13.5. The smallest absolute Gasteiger partial charge is 0.418 e. The van der Waals surface area contributed by atoms with Crippen LogP contribution < -0.4 is 0 Å². The minimum atomic E-state index is -4.48. The second-order valence-corrected chi connectivity index (χ2v) is 4.86. The summed E-state index contributed by atoms with van der Waals surface area (Å²) in [4.78, 5) is 13.7. The summed E-state index contributed by atoms with van der Waals surface area (Å²) in [5.41, 5.74) is -1.81. The number of carboxylic acid groups (broad SMARTS) is 1. The summed E-state index contributed by atoms with van der Waals surface area (Å²) >= 11 is 0. The van der Waals surface area contributed by atoms with Crippen LogP contribution >= 0.6 is 0 Å². The first-order valence-corrected chi connectivity index (χ1v) is 5.57. The van der Waals surface area contributed by atoms with E-state index in [4.69, 9.17) is 5.11 Å². The van der Waals surface area contributed by atoms with Crippen molar-refractivity contribution in [3.63, 3.8) is 0 Å². The molecule has 102 valence electrons. The molecule has 0 aliphatic heterocycles. The lowest BCUT2D eigenvalue weighted by molar-refractivity contribution is -0.142. The van der Waals surface area contributed by atoms with E-state index in [-0.39, 0.29) is 10.9 Å². The maximum Gasteiger partial charge on any atom is 0.418 e. The Hall–Kier alpha value is -1.98. The number of carbonyl (C=O) groups is 1. The van der Waals surface area contributed by atoms with E-state index in [0.29, 0.717) is 5.56 Å². The molecule has 0 saturated carbocycles. The van der Waals surface area contributed by atoms with Crippen molar-refractivity contribution >= 4 is 16.9 Å². The van der Waals surface area contributed by atoms with E-state index in [9.17, 15) is 18.0 Å². The highest BCUT2D eigenvalue weighted by Gasteiger charge is 2.36. The maximum absolute atomic E-state index is 12.8. The quantitative estimate of drug-likeness (QED) is 0.877. The highest BCUT2D eigenvalue weighted by atomic mass is 19.4. The number of halogens is 3. The first-order valence-electron chi connectivity index (χ1n) is 5.57. The summed E-state index contributed by atoms with van der Waals surface area (Å²) in [6.45, 7) is 2.91. The van der Waals surface area contributed by atoms with Crippen molar-refractivity contribution in [3.05, 3.63) is 35.5 Å². The number of alkyl halides is 3. The highest BCUT2D eigenvalue weighted by Crippen LogP contribution is 2.38. The monoisotopic (exact) mass is 271 g/mol. The SMILES string of the molecule is CC(C)(C(=O)O)c1c[nH]c2c(C(F)(F)F)cccc12. The molecular weight excluding hydrogens is 259 g/mol. The van der Waals surface area contributed by atoms with Gasteiger partial charge in [-0.1, -0.05) is 12.1 Å². The van der Waals surface area contributed by atoms with E-state index >= 15 is 0 Å². The Morgan fingerprint density at radius 1 is 1.21 bits per heavy atom. The molecule has 2 N–H and O–H groups in total. The van der Waals surface area contributed by atoms with Gasteiger partial charge in [0.05, 0.1) is 16.5 Å². The highest BCUT2D eigenvalue weighted by molar-refractivity contribution is 5.93. The molecule has 0 bridgehead atoms. The molecule has 3 nitrogen and oxygen atoms in total. The van der Waals surface area contributed by atoms with Crippen molar-refractivity contribution < 1.29 is 23.1 Å². The number of aromatic amines is 1. The fourth-order valence-corrected chi connectivity index (χ4v) is 2.02. The summed E-state index contributed by atoms with van der Waals surface area (Å²) < 4.78 is 38.5. The fraction of sp³-hybridized carbons (Fsp3) is 0.308. The third-order valence-electron chi connectivity index (χ3n) is 3.23. The molecule has 0 spiro atoms. The maximum atomic E-state index is 12.8. The van der Waals surface area contributed by atoms with E-state index in [1.54, 1.807) is 0 Å². The zero-order valence-corrected chi connectivity index (χ0v) is 10.3. The molecule has 0 fully saturated rings. The van der Waals surface area contributed by atoms with E-state index in [2.05, 4.69) is 4.98 Å². The molecule has 6 heteroatoms. The molecule has 0 saturated heterocycles. The van der Waals surface area contributed by atoms with Crippen molar-refractivity contribution in [2.24, 2.45) is 0 Å². The Kier molecular flexibility index (Phi) is 2.84. The number of benzene rings is 1. The summed E-state index contributed by atoms with van der Waals surface area (Å²) in [5, 5.41) is 9.45. The second kappa shape index (κ2) is 4.01. The van der Waals surface area contributed by atoms with Crippen LogP contribution in [0.25, 0.3) is 10.9 Å². The van der Waals surface area contributed by atoms with E-state index in [0.717, 1.165) is 6.07 Å². The first-order chi connectivity index (χ1) is 8.65. The van der Waals surface area contributed by atoms with E-state index in [1.165, 1.54) is 32.2 Å². The average molecular weight is 271 g/mol. The Balaban J connectivity index is 2.73. The van der Waals surface area contributed by atoms with Gasteiger partial charge in [0.2, 0.25) is 0 Å². The Labute approximate surface area is 107 Å². The summed E-state index contributed by atoms with van der Waals surface area (Å²) in [5.74, 6) is -1.09. The molecule has 0 aliphatic rings. The van der Waals surface area contributed by atoms with Gasteiger partial charge in [-0.15, -0.1) is 0 Å². The Bertz CT molecular complexity index is 641. The molecule has 0 aliphatic carbocycles. The van der Waals surface area contributed by atoms with Crippen molar-refractivity contribution in [1.29, 1.82) is 0 Å². The van der Waals surface area contributed by atoms with Crippen molar-refractivity contribution in [2.45, 2.75) is 25.4 Å². The zero-order chi connectivity index (χ0) is 14.4. The molecule has 1 aromatic heterocycles. The normalized spacial score (nSPS) is 12.9. The van der Waals surface area contributed by atoms with Crippen LogP contribution in [-0.4, -0.2) is 16.1 Å². The Morgan fingerprint density at radius 2 is 1.84 bits per heavy atom. The third kappa shape index (κ3) is 2.07. The number of fused-ring (bicyclic) bond motifs is 1. The van der Waals surface area contributed by atoms with Gasteiger partial charge in [-0.05, 0) is 25.5 Å². The molecule has 0 amide bonds. The predicted octanol–water partition coefficient (Wildman–Crippen LogP) is 3.55. The van der Waals surface area contributed by atoms with Crippen LogP contribution in [0.2, 0.25) is 0 Å². The van der Waals surface area contributed by atoms with Gasteiger partial charge in [0.15, 0.2) is 0 Å². The molecular formula is C13H12F3NO2. The summed E-state index contributed by atoms with van der Waals surface area (Å²) in [7, 11) is 0. The van der Waals surface area contributed by atoms with Crippen molar-refractivity contribution in [3.8, 4) is 0 Å². The lowest BCUT2D eigenvalue weighted by Gasteiger charge is -2.18. The minimum absolute atomic E-state index is 0.0840. The number of aliphatic carboxylic acids is 1. The molecule has 2 aromatic rings. The van der Waals surface area contributed by atoms with Gasteiger partial charge in [0.25, 0.3) is 0 Å². The number of hydrogen-bond donors (Lipinski definition) is 2. The number of nitrogens with one attached hydrogen (secondary N) is 1. The van der Waals surface area contributed by atoms with Gasteiger partial charge >= 0.3 is 12.1 Å². The Morgan fingerprint density at radius 3 is 2.37 bits per heavy atom. The van der Waals surface area contributed by atoms with Crippen LogP contribution in [0.5, 0.6) is 0 Å². The third-order valence-corrected chi connectivity index (χ3v) is 3.23. The second-order valence-electron chi connectivity index (χ2n) is 4.86. The van der Waals surface area contributed by atoms with Gasteiger partial charge in [-0.3, -0.25) is 4.79 Å². The van der Waals surface area contributed by atoms with Gasteiger partial charge in [-0.25, -0.2) is 0 Å². The van der Waals surface area contributed by atoms with Crippen LogP contribution in [0.15, 0.2) is 24.4 Å². The lowest BCUT2D eigenvalue weighted by atomic mass is 9.84. The summed E-state index contributed by atoms with van der Waals surface area (Å²) in [6, 6.07) is 3.73. The van der Waals surface area contributed by atoms with Crippen LogP contribution in [0.1, 0.15) is 25.0 Å². The number of H-pyrrole nitrogens is 1. The largest absolute Gasteiger partial charge is 0.481 e. The van der Waals surface area contributed by atoms with Gasteiger partial charge in [-0.2, -0.15) is 13.2 Å². The van der Waals surface area contributed by atoms with Crippen molar-refractivity contribution in [1.82, 2.24) is 4.98 Å². The number of carboxylic acids is 1. The van der Waals surface area contributed by atoms with Gasteiger partial charge in [0, 0.05) is 11.6 Å². The lowest BCUT2D eigenvalue weighted by Crippen LogP contribution is -2.28. The molecule has 0 radical (unpaired) electrons. The number of rotatable bonds is 2. The zero-order valence-electron chi connectivity index (χ0n) is 10.3.